The minimum Gasteiger partial charge on any atom is -0.464 e. The molecule has 2 heterocycles. The smallest absolute Gasteiger partial charge is 0.356 e. The molecule has 0 bridgehead atoms. The second-order valence-corrected chi connectivity index (χ2v) is 6.14. The lowest BCUT2D eigenvalue weighted by atomic mass is 10.1. The molecule has 0 radical (unpaired) electrons. The Bertz CT molecular complexity index is 1270. The van der Waals surface area contributed by atoms with Gasteiger partial charge in [-0.1, -0.05) is 18.2 Å². The molecule has 3 N–H and O–H groups in total. The third kappa shape index (κ3) is 3.33. The Labute approximate surface area is 162 Å². The monoisotopic (exact) mass is 396 g/mol. The van der Waals surface area contributed by atoms with Crippen molar-refractivity contribution in [1.82, 2.24) is 15.4 Å². The lowest BCUT2D eigenvalue weighted by Crippen LogP contribution is -2.31. The van der Waals surface area contributed by atoms with Crippen molar-refractivity contribution in [3.8, 4) is 0 Å². The van der Waals surface area contributed by atoms with Gasteiger partial charge < -0.3 is 9.72 Å². The van der Waals surface area contributed by atoms with E-state index in [1.165, 1.54) is 13.2 Å². The highest BCUT2D eigenvalue weighted by Crippen LogP contribution is 2.28. The van der Waals surface area contributed by atoms with Gasteiger partial charge in [-0.15, -0.1) is 0 Å². The Morgan fingerprint density at radius 1 is 1.07 bits per heavy atom. The van der Waals surface area contributed by atoms with E-state index in [0.717, 1.165) is 23.0 Å². The average molecular weight is 396 g/mol. The highest BCUT2D eigenvalue weighted by Gasteiger charge is 2.20. The standard InChI is InChI=1S/C20H14F2N4O3/c1-29-20(28)16-9-12-11-4-2-3-5-14(11)23-17(12)18(24-16)19(27)26-25-15-7-6-10(21)8-13(15)22/h2-9,23,25H,1H3,(H,26,27). The number of carbonyl (C=O) groups is 2. The number of nitrogens with zero attached hydrogens (tertiary/aromatic N) is 1. The molecule has 29 heavy (non-hydrogen) atoms. The minimum absolute atomic E-state index is 0.0529. The summed E-state index contributed by atoms with van der Waals surface area (Å²) >= 11 is 0. The number of pyridine rings is 1. The second-order valence-electron chi connectivity index (χ2n) is 6.14. The van der Waals surface area contributed by atoms with E-state index in [2.05, 4.69) is 20.8 Å². The van der Waals surface area contributed by atoms with Gasteiger partial charge in [0.1, 0.15) is 11.5 Å². The number of halogens is 2. The van der Waals surface area contributed by atoms with Crippen LogP contribution in [0.5, 0.6) is 0 Å². The first-order valence-electron chi connectivity index (χ1n) is 8.49. The maximum absolute atomic E-state index is 13.8. The molecule has 2 aromatic carbocycles. The van der Waals surface area contributed by atoms with E-state index in [1.54, 1.807) is 0 Å². The number of aromatic amines is 1. The zero-order valence-electron chi connectivity index (χ0n) is 15.0. The van der Waals surface area contributed by atoms with Crippen molar-refractivity contribution in [2.75, 3.05) is 12.5 Å². The molecule has 0 aliphatic rings. The largest absolute Gasteiger partial charge is 0.464 e. The molecular weight excluding hydrogens is 382 g/mol. The summed E-state index contributed by atoms with van der Waals surface area (Å²) in [5.41, 5.74) is 5.58. The van der Waals surface area contributed by atoms with Crippen LogP contribution in [0.2, 0.25) is 0 Å². The first-order valence-corrected chi connectivity index (χ1v) is 8.49. The topological polar surface area (TPSA) is 96.1 Å². The van der Waals surface area contributed by atoms with Crippen LogP contribution in [-0.4, -0.2) is 29.0 Å². The van der Waals surface area contributed by atoms with E-state index in [9.17, 15) is 18.4 Å². The molecule has 2 aromatic heterocycles. The fourth-order valence-corrected chi connectivity index (χ4v) is 2.99. The maximum atomic E-state index is 13.8. The van der Waals surface area contributed by atoms with E-state index >= 15 is 0 Å². The van der Waals surface area contributed by atoms with Gasteiger partial charge in [0.2, 0.25) is 0 Å². The summed E-state index contributed by atoms with van der Waals surface area (Å²) in [7, 11) is 1.21. The molecule has 0 aliphatic heterocycles. The third-order valence-electron chi connectivity index (χ3n) is 4.35. The number of rotatable bonds is 4. The van der Waals surface area contributed by atoms with Gasteiger partial charge in [-0.2, -0.15) is 0 Å². The summed E-state index contributed by atoms with van der Waals surface area (Å²) in [6.07, 6.45) is 0. The van der Waals surface area contributed by atoms with E-state index in [-0.39, 0.29) is 17.1 Å². The lowest BCUT2D eigenvalue weighted by molar-refractivity contribution is 0.0594. The Morgan fingerprint density at radius 3 is 2.62 bits per heavy atom. The zero-order valence-corrected chi connectivity index (χ0v) is 15.0. The molecule has 4 aromatic rings. The van der Waals surface area contributed by atoms with E-state index in [0.29, 0.717) is 17.0 Å². The van der Waals surface area contributed by atoms with Gasteiger partial charge in [0.15, 0.2) is 11.5 Å². The summed E-state index contributed by atoms with van der Waals surface area (Å²) in [6.45, 7) is 0. The van der Waals surface area contributed by atoms with Crippen LogP contribution in [0.1, 0.15) is 21.0 Å². The number of nitrogens with one attached hydrogen (secondary N) is 3. The van der Waals surface area contributed by atoms with Gasteiger partial charge in [-0.25, -0.2) is 18.6 Å². The number of aromatic nitrogens is 2. The summed E-state index contributed by atoms with van der Waals surface area (Å²) in [5, 5.41) is 1.40. The molecule has 0 spiro atoms. The number of H-pyrrole nitrogens is 1. The normalized spacial score (nSPS) is 10.9. The van der Waals surface area contributed by atoms with Crippen LogP contribution in [0, 0.1) is 11.6 Å². The Morgan fingerprint density at radius 2 is 1.86 bits per heavy atom. The molecule has 0 unspecified atom stereocenters. The number of amides is 1. The van der Waals surface area contributed by atoms with Crippen molar-refractivity contribution in [3.05, 3.63) is 71.6 Å². The van der Waals surface area contributed by atoms with E-state index < -0.39 is 23.5 Å². The number of hydrogen-bond acceptors (Lipinski definition) is 5. The quantitative estimate of drug-likeness (QED) is 0.362. The predicted molar refractivity (Wildman–Crippen MR) is 102 cm³/mol. The summed E-state index contributed by atoms with van der Waals surface area (Å²) in [6, 6.07) is 11.7. The number of ether oxygens (including phenoxy) is 1. The van der Waals surface area contributed by atoms with Crippen molar-refractivity contribution >= 4 is 39.4 Å². The fraction of sp³-hybridized carbons (Fsp3) is 0.0500. The molecule has 9 heteroatoms. The van der Waals surface area contributed by atoms with Crippen LogP contribution < -0.4 is 10.9 Å². The van der Waals surface area contributed by atoms with Crippen molar-refractivity contribution in [1.29, 1.82) is 0 Å². The molecule has 0 atom stereocenters. The second kappa shape index (κ2) is 7.19. The summed E-state index contributed by atoms with van der Waals surface area (Å²) in [5.74, 6) is -3.05. The van der Waals surface area contributed by atoms with Crippen LogP contribution in [0.3, 0.4) is 0 Å². The highest BCUT2D eigenvalue weighted by atomic mass is 19.1. The molecular formula is C20H14F2N4O3. The van der Waals surface area contributed by atoms with Crippen LogP contribution in [0.15, 0.2) is 48.5 Å². The van der Waals surface area contributed by atoms with E-state index in [4.69, 9.17) is 4.74 Å². The van der Waals surface area contributed by atoms with Gasteiger partial charge in [-0.05, 0) is 24.3 Å². The molecule has 0 saturated heterocycles. The fourth-order valence-electron chi connectivity index (χ4n) is 2.99. The molecule has 0 fully saturated rings. The zero-order chi connectivity index (χ0) is 20.5. The van der Waals surface area contributed by atoms with Gasteiger partial charge >= 0.3 is 5.97 Å². The van der Waals surface area contributed by atoms with E-state index in [1.807, 2.05) is 24.3 Å². The van der Waals surface area contributed by atoms with Crippen LogP contribution in [0.4, 0.5) is 14.5 Å². The maximum Gasteiger partial charge on any atom is 0.356 e. The minimum atomic E-state index is -0.877. The Kier molecular flexibility index (Phi) is 4.55. The van der Waals surface area contributed by atoms with Crippen LogP contribution in [0.25, 0.3) is 21.8 Å². The van der Waals surface area contributed by atoms with Crippen molar-refractivity contribution in [2.45, 2.75) is 0 Å². The molecule has 0 saturated carbocycles. The van der Waals surface area contributed by atoms with Gasteiger partial charge in [0.25, 0.3) is 5.91 Å². The summed E-state index contributed by atoms with van der Waals surface area (Å²) < 4.78 is 31.5. The molecule has 1 amide bonds. The Balaban J connectivity index is 1.76. The van der Waals surface area contributed by atoms with Crippen LogP contribution in [-0.2, 0) is 4.74 Å². The first kappa shape index (κ1) is 18.4. The number of hydrogen-bond donors (Lipinski definition) is 3. The van der Waals surface area contributed by atoms with Crippen molar-refractivity contribution in [2.24, 2.45) is 0 Å². The number of hydrazine groups is 1. The number of para-hydroxylation sites is 1. The molecule has 4 rings (SSSR count). The third-order valence-corrected chi connectivity index (χ3v) is 4.35. The van der Waals surface area contributed by atoms with Gasteiger partial charge in [0, 0.05) is 22.4 Å². The van der Waals surface area contributed by atoms with Crippen LogP contribution >= 0.6 is 0 Å². The number of anilines is 1. The van der Waals surface area contributed by atoms with Gasteiger partial charge in [0.05, 0.1) is 18.3 Å². The SMILES string of the molecule is COC(=O)c1cc2c([nH]c3ccccc32)c(C(=O)NNc2ccc(F)cc2F)n1. The number of fused-ring (bicyclic) bond motifs is 3. The van der Waals surface area contributed by atoms with Crippen molar-refractivity contribution < 1.29 is 23.1 Å². The molecule has 7 nitrogen and oxygen atoms in total. The average Bonchev–Trinajstić information content (AvgIpc) is 3.10. The predicted octanol–water partition coefficient (Wildman–Crippen LogP) is 3.54. The van der Waals surface area contributed by atoms with Gasteiger partial charge in [-0.3, -0.25) is 15.6 Å². The first-order chi connectivity index (χ1) is 14.0. The number of esters is 1. The highest BCUT2D eigenvalue weighted by molar-refractivity contribution is 6.15. The van der Waals surface area contributed by atoms with Crippen molar-refractivity contribution in [3.63, 3.8) is 0 Å². The number of methoxy groups -OCH3 is 1. The Hall–Kier alpha value is -4.01. The summed E-state index contributed by atoms with van der Waals surface area (Å²) in [4.78, 5) is 32.0. The lowest BCUT2D eigenvalue weighted by Gasteiger charge is -2.10. The molecule has 146 valence electrons. The molecule has 0 aliphatic carbocycles. The number of benzene rings is 2. The number of carbonyl (C=O) groups excluding carboxylic acids is 2.